The highest BCUT2D eigenvalue weighted by molar-refractivity contribution is 9.10. The summed E-state index contributed by atoms with van der Waals surface area (Å²) in [5.74, 6) is -6.58. The van der Waals surface area contributed by atoms with Crippen LogP contribution in [0.25, 0.3) is 0 Å². The second kappa shape index (κ2) is 14.4. The monoisotopic (exact) mass is 747 g/mol. The van der Waals surface area contributed by atoms with Crippen molar-refractivity contribution in [1.82, 2.24) is 0 Å². The zero-order chi connectivity index (χ0) is 33.0. The molecule has 7 nitrogen and oxygen atoms in total. The van der Waals surface area contributed by atoms with Crippen molar-refractivity contribution in [3.05, 3.63) is 86.6 Å². The number of carbonyl (C=O) groups is 3. The topological polar surface area (TPSA) is 96.5 Å². The maximum atomic E-state index is 15.0. The van der Waals surface area contributed by atoms with Crippen LogP contribution in [0.2, 0.25) is 5.02 Å². The van der Waals surface area contributed by atoms with E-state index in [0.717, 1.165) is 12.1 Å². The first-order chi connectivity index (χ1) is 20.3. The average Bonchev–Trinajstić information content (AvgIpc) is 2.89. The molecule has 0 aliphatic rings. The van der Waals surface area contributed by atoms with Crippen molar-refractivity contribution >= 4 is 85.5 Å². The molecular formula is C27H19BrCl3F6N3O4. The SMILES string of the molecule is CC(OC(F)(F)F)C(=O)Nc1c(F)ccc(NC(=O)c2cc(NC(=O)CC(Cl)(Cl)Cc3ccc(F)c(Br)c3)ccc2Cl)c1F. The fourth-order valence-electron chi connectivity index (χ4n) is 3.66. The van der Waals surface area contributed by atoms with E-state index in [1.54, 1.807) is 5.32 Å². The van der Waals surface area contributed by atoms with E-state index in [4.69, 9.17) is 34.8 Å². The Kier molecular flexibility index (Phi) is 11.6. The van der Waals surface area contributed by atoms with Gasteiger partial charge in [-0.25, -0.2) is 13.2 Å². The first-order valence-electron chi connectivity index (χ1n) is 12.1. The van der Waals surface area contributed by atoms with Crippen molar-refractivity contribution in [3.8, 4) is 0 Å². The zero-order valence-corrected chi connectivity index (χ0v) is 25.9. The molecule has 0 radical (unpaired) electrons. The average molecular weight is 750 g/mol. The first kappa shape index (κ1) is 35.4. The number of amides is 3. The molecule has 236 valence electrons. The lowest BCUT2D eigenvalue weighted by Gasteiger charge is -2.19. The van der Waals surface area contributed by atoms with Crippen LogP contribution in [0, 0.1) is 17.5 Å². The summed E-state index contributed by atoms with van der Waals surface area (Å²) in [7, 11) is 0. The summed E-state index contributed by atoms with van der Waals surface area (Å²) in [6.45, 7) is 0.711. The lowest BCUT2D eigenvalue weighted by atomic mass is 10.1. The molecule has 0 saturated carbocycles. The van der Waals surface area contributed by atoms with Crippen molar-refractivity contribution in [2.24, 2.45) is 0 Å². The highest BCUT2D eigenvalue weighted by Gasteiger charge is 2.35. The maximum Gasteiger partial charge on any atom is 0.523 e. The third-order valence-corrected chi connectivity index (χ3v) is 7.10. The summed E-state index contributed by atoms with van der Waals surface area (Å²) in [4.78, 5) is 37.6. The molecular weight excluding hydrogens is 731 g/mol. The van der Waals surface area contributed by atoms with Crippen molar-refractivity contribution in [2.75, 3.05) is 16.0 Å². The van der Waals surface area contributed by atoms with Gasteiger partial charge in [0.2, 0.25) is 5.91 Å². The number of benzene rings is 3. The number of alkyl halides is 5. The molecule has 0 aromatic heterocycles. The van der Waals surface area contributed by atoms with Crippen LogP contribution in [0.5, 0.6) is 0 Å². The minimum Gasteiger partial charge on any atom is -0.326 e. The number of rotatable bonds is 10. The number of ether oxygens (including phenoxy) is 1. The van der Waals surface area contributed by atoms with Gasteiger partial charge in [0.1, 0.15) is 27.8 Å². The maximum absolute atomic E-state index is 15.0. The van der Waals surface area contributed by atoms with Gasteiger partial charge in [-0.15, -0.1) is 36.4 Å². The smallest absolute Gasteiger partial charge is 0.326 e. The summed E-state index contributed by atoms with van der Waals surface area (Å²) in [5.41, 5.74) is -1.48. The van der Waals surface area contributed by atoms with Crippen LogP contribution in [0.1, 0.15) is 29.3 Å². The Morgan fingerprint density at radius 2 is 1.59 bits per heavy atom. The number of anilines is 3. The summed E-state index contributed by atoms with van der Waals surface area (Å²) >= 11 is 21.8. The standard InChI is InChI=1S/C27H19BrCl3F6N3O4/c1-12(44-27(35,36)37)24(42)40-23-19(33)6-7-20(22(23)34)39-25(43)15-9-14(3-4-17(15)29)38-21(41)11-26(30,31)10-13-2-5-18(32)16(28)8-13/h2-9,12H,10-11H2,1H3,(H,38,41)(H,39,43)(H,40,42). The van der Waals surface area contributed by atoms with Gasteiger partial charge in [-0.1, -0.05) is 17.7 Å². The quantitative estimate of drug-likeness (QED) is 0.143. The van der Waals surface area contributed by atoms with E-state index in [-0.39, 0.29) is 27.2 Å². The van der Waals surface area contributed by atoms with Gasteiger partial charge < -0.3 is 16.0 Å². The Labute approximate surface area is 269 Å². The van der Waals surface area contributed by atoms with E-state index < -0.39 is 69.8 Å². The summed E-state index contributed by atoms with van der Waals surface area (Å²) in [6, 6.07) is 9.28. The molecule has 44 heavy (non-hydrogen) atoms. The predicted octanol–water partition coefficient (Wildman–Crippen LogP) is 8.38. The van der Waals surface area contributed by atoms with E-state index in [1.807, 2.05) is 0 Å². The number of nitrogens with one attached hydrogen (secondary N) is 3. The van der Waals surface area contributed by atoms with E-state index in [0.29, 0.717) is 18.6 Å². The molecule has 0 aliphatic heterocycles. The molecule has 0 spiro atoms. The van der Waals surface area contributed by atoms with Gasteiger partial charge in [-0.05, 0) is 70.9 Å². The molecule has 3 N–H and O–H groups in total. The van der Waals surface area contributed by atoms with Crippen LogP contribution in [-0.2, 0) is 20.7 Å². The largest absolute Gasteiger partial charge is 0.523 e. The highest BCUT2D eigenvalue weighted by atomic mass is 79.9. The normalized spacial score (nSPS) is 12.4. The zero-order valence-electron chi connectivity index (χ0n) is 22.0. The van der Waals surface area contributed by atoms with Crippen LogP contribution in [0.3, 0.4) is 0 Å². The molecule has 1 unspecified atom stereocenters. The van der Waals surface area contributed by atoms with E-state index in [1.165, 1.54) is 30.3 Å². The molecule has 17 heteroatoms. The van der Waals surface area contributed by atoms with E-state index >= 15 is 4.39 Å². The first-order valence-corrected chi connectivity index (χ1v) is 14.0. The second-order valence-corrected chi connectivity index (χ2v) is 12.0. The third-order valence-electron chi connectivity index (χ3n) is 5.63. The van der Waals surface area contributed by atoms with E-state index in [2.05, 4.69) is 31.3 Å². The molecule has 1 atom stereocenters. The van der Waals surface area contributed by atoms with Gasteiger partial charge in [0, 0.05) is 12.1 Å². The molecule has 3 amide bonds. The lowest BCUT2D eigenvalue weighted by Crippen LogP contribution is -2.33. The van der Waals surface area contributed by atoms with Gasteiger partial charge in [0.25, 0.3) is 11.8 Å². The Morgan fingerprint density at radius 3 is 2.23 bits per heavy atom. The minimum atomic E-state index is -5.18. The molecule has 3 rings (SSSR count). The Balaban J connectivity index is 1.71. The summed E-state index contributed by atoms with van der Waals surface area (Å²) in [5, 5.41) is 6.12. The fraction of sp³-hybridized carbons (Fsp3) is 0.222. The van der Waals surface area contributed by atoms with Gasteiger partial charge in [0.05, 0.1) is 27.2 Å². The number of hydrogen-bond acceptors (Lipinski definition) is 4. The van der Waals surface area contributed by atoms with Crippen LogP contribution < -0.4 is 16.0 Å². The highest BCUT2D eigenvalue weighted by Crippen LogP contribution is 2.33. The molecule has 0 aliphatic carbocycles. The second-order valence-electron chi connectivity index (χ2n) is 9.13. The van der Waals surface area contributed by atoms with Crippen molar-refractivity contribution in [3.63, 3.8) is 0 Å². The lowest BCUT2D eigenvalue weighted by molar-refractivity contribution is -0.335. The number of halogens is 10. The van der Waals surface area contributed by atoms with Crippen LogP contribution >= 0.6 is 50.7 Å². The van der Waals surface area contributed by atoms with Crippen molar-refractivity contribution in [1.29, 1.82) is 0 Å². The summed E-state index contributed by atoms with van der Waals surface area (Å²) in [6.07, 6.45) is -7.78. The van der Waals surface area contributed by atoms with Crippen LogP contribution in [0.15, 0.2) is 53.0 Å². The third kappa shape index (κ3) is 9.99. The fourth-order valence-corrected chi connectivity index (χ4v) is 4.84. The molecule has 0 heterocycles. The van der Waals surface area contributed by atoms with Crippen LogP contribution in [-0.4, -0.2) is 34.5 Å². The van der Waals surface area contributed by atoms with Crippen LogP contribution in [0.4, 0.5) is 43.4 Å². The van der Waals surface area contributed by atoms with Crippen molar-refractivity contribution < 1.29 is 45.5 Å². The van der Waals surface area contributed by atoms with Crippen molar-refractivity contribution in [2.45, 2.75) is 36.6 Å². The molecule has 0 saturated heterocycles. The Morgan fingerprint density at radius 1 is 0.932 bits per heavy atom. The molecule has 3 aromatic rings. The molecule has 0 fully saturated rings. The Bertz CT molecular complexity index is 1590. The van der Waals surface area contributed by atoms with E-state index in [9.17, 15) is 36.3 Å². The summed E-state index contributed by atoms with van der Waals surface area (Å²) < 4.78 is 82.0. The minimum absolute atomic E-state index is 0.0172. The predicted molar refractivity (Wildman–Crippen MR) is 156 cm³/mol. The van der Waals surface area contributed by atoms with Gasteiger partial charge in [-0.3, -0.25) is 19.1 Å². The molecule has 0 bridgehead atoms. The number of hydrogen-bond donors (Lipinski definition) is 3. The Hall–Kier alpha value is -3.04. The van der Waals surface area contributed by atoms with Gasteiger partial charge in [0.15, 0.2) is 5.82 Å². The number of carbonyl (C=O) groups excluding carboxylic acids is 3. The van der Waals surface area contributed by atoms with Gasteiger partial charge >= 0.3 is 6.36 Å². The molecule has 3 aromatic carbocycles. The van der Waals surface area contributed by atoms with Gasteiger partial charge in [-0.2, -0.15) is 0 Å².